The van der Waals surface area contributed by atoms with Crippen LogP contribution in [0.1, 0.15) is 12.5 Å². The lowest BCUT2D eigenvalue weighted by molar-refractivity contribution is -0.135. The van der Waals surface area contributed by atoms with E-state index in [1.807, 2.05) is 0 Å². The molecular weight excluding hydrogens is 337 g/mol. The summed E-state index contributed by atoms with van der Waals surface area (Å²) >= 11 is 0.952. The van der Waals surface area contributed by atoms with Crippen LogP contribution in [-0.4, -0.2) is 37.0 Å². The first-order valence-corrected chi connectivity index (χ1v) is 7.67. The van der Waals surface area contributed by atoms with Crippen LogP contribution in [0.25, 0.3) is 0 Å². The highest BCUT2D eigenvalue weighted by Gasteiger charge is 2.24. The summed E-state index contributed by atoms with van der Waals surface area (Å²) in [6.45, 7) is 2.14. The van der Waals surface area contributed by atoms with E-state index in [0.717, 1.165) is 17.8 Å². The number of carbonyl (C=O) groups is 2. The van der Waals surface area contributed by atoms with Gasteiger partial charge in [0.05, 0.1) is 24.8 Å². The summed E-state index contributed by atoms with van der Waals surface area (Å²) < 4.78 is 23.2. The number of halogens is 1. The summed E-state index contributed by atoms with van der Waals surface area (Å²) in [5.74, 6) is -1.44. The highest BCUT2D eigenvalue weighted by molar-refractivity contribution is 8.18. The number of hydrogen-bond donors (Lipinski definition) is 1. The van der Waals surface area contributed by atoms with E-state index in [1.165, 1.54) is 25.5 Å². The Morgan fingerprint density at radius 2 is 2.25 bits per heavy atom. The fourth-order valence-corrected chi connectivity index (χ4v) is 2.40. The third kappa shape index (κ3) is 4.66. The highest BCUT2D eigenvalue weighted by Crippen LogP contribution is 2.23. The number of ether oxygens (including phenoxy) is 2. The van der Waals surface area contributed by atoms with Gasteiger partial charge in [-0.15, -0.1) is 5.10 Å². The third-order valence-corrected chi connectivity index (χ3v) is 3.61. The molecule has 0 spiro atoms. The second-order valence-corrected chi connectivity index (χ2v) is 5.39. The fourth-order valence-electron chi connectivity index (χ4n) is 1.66. The first-order chi connectivity index (χ1) is 11.5. The minimum absolute atomic E-state index is 0.155. The van der Waals surface area contributed by atoms with Crippen molar-refractivity contribution >= 4 is 35.0 Å². The minimum Gasteiger partial charge on any atom is -0.491 e. The van der Waals surface area contributed by atoms with Crippen LogP contribution in [-0.2, 0) is 14.3 Å². The number of amidine groups is 1. The van der Waals surface area contributed by atoms with Gasteiger partial charge in [0.1, 0.15) is 0 Å². The third-order valence-electron chi connectivity index (χ3n) is 2.71. The Balaban J connectivity index is 2.04. The van der Waals surface area contributed by atoms with Crippen molar-refractivity contribution in [3.05, 3.63) is 40.6 Å². The summed E-state index contributed by atoms with van der Waals surface area (Å²) in [7, 11) is 1.21. The van der Waals surface area contributed by atoms with Crippen LogP contribution in [0, 0.1) is 5.82 Å². The molecule has 1 aromatic rings. The Kier molecular flexibility index (Phi) is 6.07. The molecule has 1 aromatic carbocycles. The van der Waals surface area contributed by atoms with Crippen molar-refractivity contribution < 1.29 is 23.5 Å². The van der Waals surface area contributed by atoms with E-state index in [0.29, 0.717) is 12.2 Å². The average molecular weight is 351 g/mol. The molecule has 1 fully saturated rings. The monoisotopic (exact) mass is 351 g/mol. The smallest absolute Gasteiger partial charge is 0.331 e. The molecule has 9 heteroatoms. The van der Waals surface area contributed by atoms with Crippen LogP contribution in [0.5, 0.6) is 5.75 Å². The van der Waals surface area contributed by atoms with E-state index in [1.54, 1.807) is 13.0 Å². The standard InChI is InChI=1S/C15H14FN3O4S/c1-3-23-11-5-4-9(6-10(11)16)8-17-19-15-18-14(21)12(24-15)7-13(20)22-2/h4-8H,3H2,1-2H3,(H,18,19,21)/b12-7+,17-8?. The molecule has 1 heterocycles. The molecule has 0 saturated carbocycles. The molecule has 1 aliphatic heterocycles. The minimum atomic E-state index is -0.637. The second kappa shape index (κ2) is 8.25. The molecule has 1 N–H and O–H groups in total. The van der Waals surface area contributed by atoms with Gasteiger partial charge in [-0.25, -0.2) is 9.18 Å². The van der Waals surface area contributed by atoms with Gasteiger partial charge in [0, 0.05) is 6.08 Å². The van der Waals surface area contributed by atoms with E-state index in [9.17, 15) is 14.0 Å². The lowest BCUT2D eigenvalue weighted by Crippen LogP contribution is -2.19. The predicted octanol–water partition coefficient (Wildman–Crippen LogP) is 1.83. The molecule has 0 radical (unpaired) electrons. The SMILES string of the molecule is CCOc1ccc(C=N/N=C2/NC(=O)/C(=C\C(=O)OC)S2)cc1F. The van der Waals surface area contributed by atoms with E-state index in [4.69, 9.17) is 4.74 Å². The molecule has 24 heavy (non-hydrogen) atoms. The van der Waals surface area contributed by atoms with Crippen LogP contribution in [0.3, 0.4) is 0 Å². The molecule has 0 unspecified atom stereocenters. The van der Waals surface area contributed by atoms with Crippen LogP contribution in [0.2, 0.25) is 0 Å². The maximum absolute atomic E-state index is 13.7. The second-order valence-electron chi connectivity index (χ2n) is 4.36. The zero-order chi connectivity index (χ0) is 17.5. The van der Waals surface area contributed by atoms with E-state index < -0.39 is 17.7 Å². The summed E-state index contributed by atoms with van der Waals surface area (Å²) in [4.78, 5) is 22.9. The van der Waals surface area contributed by atoms with Gasteiger partial charge in [-0.1, -0.05) is 0 Å². The van der Waals surface area contributed by atoms with Gasteiger partial charge in [-0.2, -0.15) is 5.10 Å². The number of nitrogens with one attached hydrogen (secondary N) is 1. The predicted molar refractivity (Wildman–Crippen MR) is 88.4 cm³/mol. The van der Waals surface area contributed by atoms with Gasteiger partial charge in [-0.05, 0) is 42.4 Å². The van der Waals surface area contributed by atoms with E-state index in [2.05, 4.69) is 20.3 Å². The van der Waals surface area contributed by atoms with Crippen molar-refractivity contribution in [2.24, 2.45) is 10.2 Å². The van der Waals surface area contributed by atoms with Crippen molar-refractivity contribution in [2.75, 3.05) is 13.7 Å². The quantitative estimate of drug-likeness (QED) is 0.378. The molecule has 0 atom stereocenters. The Morgan fingerprint density at radius 1 is 1.46 bits per heavy atom. The number of rotatable bonds is 5. The molecule has 0 aromatic heterocycles. The molecule has 1 saturated heterocycles. The number of amides is 1. The fraction of sp³-hybridized carbons (Fsp3) is 0.200. The lowest BCUT2D eigenvalue weighted by Gasteiger charge is -2.04. The molecule has 2 rings (SSSR count). The maximum atomic E-state index is 13.7. The van der Waals surface area contributed by atoms with Crippen LogP contribution in [0.15, 0.2) is 39.4 Å². The highest BCUT2D eigenvalue weighted by atomic mass is 32.2. The van der Waals surface area contributed by atoms with Crippen molar-refractivity contribution in [1.82, 2.24) is 5.32 Å². The number of esters is 1. The summed E-state index contributed by atoms with van der Waals surface area (Å²) in [6, 6.07) is 4.38. The Labute approximate surface area is 141 Å². The molecule has 0 aliphatic carbocycles. The maximum Gasteiger partial charge on any atom is 0.331 e. The first-order valence-electron chi connectivity index (χ1n) is 6.85. The average Bonchev–Trinajstić information content (AvgIpc) is 2.89. The Morgan fingerprint density at radius 3 is 2.92 bits per heavy atom. The normalized spacial score (nSPS) is 17.5. The lowest BCUT2D eigenvalue weighted by atomic mass is 10.2. The largest absolute Gasteiger partial charge is 0.491 e. The zero-order valence-corrected chi connectivity index (χ0v) is 13.7. The van der Waals surface area contributed by atoms with E-state index >= 15 is 0 Å². The Hall–Kier alpha value is -2.68. The first kappa shape index (κ1) is 17.7. The van der Waals surface area contributed by atoms with Crippen molar-refractivity contribution in [3.63, 3.8) is 0 Å². The number of thioether (sulfide) groups is 1. The van der Waals surface area contributed by atoms with Crippen molar-refractivity contribution in [2.45, 2.75) is 6.92 Å². The van der Waals surface area contributed by atoms with Crippen molar-refractivity contribution in [3.8, 4) is 5.75 Å². The number of nitrogens with zero attached hydrogens (tertiary/aromatic N) is 2. The van der Waals surface area contributed by atoms with Gasteiger partial charge in [0.25, 0.3) is 5.91 Å². The summed E-state index contributed by atoms with van der Waals surface area (Å²) in [5.41, 5.74) is 0.486. The van der Waals surface area contributed by atoms with Crippen molar-refractivity contribution in [1.29, 1.82) is 0 Å². The van der Waals surface area contributed by atoms with Gasteiger partial charge in [0.15, 0.2) is 16.7 Å². The van der Waals surface area contributed by atoms with Crippen LogP contribution in [0.4, 0.5) is 4.39 Å². The van der Waals surface area contributed by atoms with E-state index in [-0.39, 0.29) is 15.8 Å². The van der Waals surface area contributed by atoms with Gasteiger partial charge in [-0.3, -0.25) is 10.1 Å². The van der Waals surface area contributed by atoms with Crippen LogP contribution < -0.4 is 10.1 Å². The molecule has 1 amide bonds. The number of carbonyl (C=O) groups excluding carboxylic acids is 2. The number of methoxy groups -OCH3 is 1. The number of hydrogen-bond acceptors (Lipinski definition) is 7. The number of benzene rings is 1. The molecule has 0 bridgehead atoms. The van der Waals surface area contributed by atoms with Gasteiger partial charge >= 0.3 is 5.97 Å². The summed E-state index contributed by atoms with van der Waals surface area (Å²) in [5, 5.41) is 10.2. The van der Waals surface area contributed by atoms with Crippen LogP contribution >= 0.6 is 11.8 Å². The van der Waals surface area contributed by atoms with Gasteiger partial charge in [0.2, 0.25) is 0 Å². The molecule has 126 valence electrons. The summed E-state index contributed by atoms with van der Waals surface area (Å²) in [6.07, 6.45) is 2.40. The molecule has 7 nitrogen and oxygen atoms in total. The van der Waals surface area contributed by atoms with Gasteiger partial charge < -0.3 is 9.47 Å². The topological polar surface area (TPSA) is 89.4 Å². The Bertz CT molecular complexity index is 746. The molecular formula is C15H14FN3O4S. The molecule has 1 aliphatic rings. The zero-order valence-electron chi connectivity index (χ0n) is 12.9.